The van der Waals surface area contributed by atoms with E-state index < -0.39 is 23.5 Å². The zero-order valence-electron chi connectivity index (χ0n) is 9.24. The van der Waals surface area contributed by atoms with Crippen molar-refractivity contribution in [3.05, 3.63) is 0 Å². The van der Waals surface area contributed by atoms with Crippen LogP contribution in [0.4, 0.5) is 0 Å². The Morgan fingerprint density at radius 3 is 2.44 bits per heavy atom. The van der Waals surface area contributed by atoms with Gasteiger partial charge in [0.2, 0.25) is 11.8 Å². The number of rotatable bonds is 5. The fourth-order valence-corrected chi connectivity index (χ4v) is 1.90. The number of carbonyl (C=O) groups is 2. The van der Waals surface area contributed by atoms with Gasteiger partial charge in [0, 0.05) is 6.54 Å². The van der Waals surface area contributed by atoms with Crippen LogP contribution in [-0.4, -0.2) is 35.1 Å². The zero-order valence-corrected chi connectivity index (χ0v) is 9.24. The van der Waals surface area contributed by atoms with Crippen molar-refractivity contribution in [3.63, 3.8) is 0 Å². The number of hydrogen-bond acceptors (Lipinski definition) is 4. The van der Waals surface area contributed by atoms with Crippen molar-refractivity contribution >= 4 is 11.8 Å². The number of nitrogens with one attached hydrogen (secondary N) is 1. The van der Waals surface area contributed by atoms with Gasteiger partial charge in [-0.05, 0) is 12.8 Å². The largest absolute Gasteiger partial charge is 0.388 e. The topological polar surface area (TPSA) is 118 Å². The zero-order chi connectivity index (χ0) is 12.2. The van der Waals surface area contributed by atoms with E-state index in [2.05, 4.69) is 5.32 Å². The third kappa shape index (κ3) is 3.79. The Morgan fingerprint density at radius 2 is 1.94 bits per heavy atom. The fraction of sp³-hybridized carbons (Fsp3) is 0.800. The first-order chi connectivity index (χ1) is 7.43. The van der Waals surface area contributed by atoms with Crippen LogP contribution in [0.5, 0.6) is 0 Å². The second-order valence-corrected chi connectivity index (χ2v) is 4.43. The lowest BCUT2D eigenvalue weighted by Gasteiger charge is -2.23. The molecule has 0 aliphatic heterocycles. The molecule has 92 valence electrons. The van der Waals surface area contributed by atoms with E-state index in [-0.39, 0.29) is 13.0 Å². The van der Waals surface area contributed by atoms with Crippen molar-refractivity contribution in [2.45, 2.75) is 43.7 Å². The molecule has 1 rings (SSSR count). The van der Waals surface area contributed by atoms with Crippen LogP contribution in [0.1, 0.15) is 32.1 Å². The molecule has 16 heavy (non-hydrogen) atoms. The average Bonchev–Trinajstić information content (AvgIpc) is 2.61. The molecule has 6 heteroatoms. The van der Waals surface area contributed by atoms with E-state index in [0.717, 1.165) is 12.8 Å². The second-order valence-electron chi connectivity index (χ2n) is 4.43. The molecule has 1 unspecified atom stereocenters. The molecular weight excluding hydrogens is 210 g/mol. The lowest BCUT2D eigenvalue weighted by atomic mass is 10.0. The predicted octanol–water partition coefficient (Wildman–Crippen LogP) is -1.39. The summed E-state index contributed by atoms with van der Waals surface area (Å²) >= 11 is 0. The van der Waals surface area contributed by atoms with Crippen LogP contribution < -0.4 is 16.8 Å². The molecule has 0 radical (unpaired) electrons. The summed E-state index contributed by atoms with van der Waals surface area (Å²) in [5.74, 6) is -1.05. The highest BCUT2D eigenvalue weighted by molar-refractivity contribution is 5.87. The molecule has 6 nitrogen and oxygen atoms in total. The maximum atomic E-state index is 11.4. The van der Waals surface area contributed by atoms with E-state index >= 15 is 0 Å². The highest BCUT2D eigenvalue weighted by Crippen LogP contribution is 2.28. The summed E-state index contributed by atoms with van der Waals surface area (Å²) in [4.78, 5) is 22.0. The average molecular weight is 229 g/mol. The van der Waals surface area contributed by atoms with Gasteiger partial charge in [-0.3, -0.25) is 9.59 Å². The van der Waals surface area contributed by atoms with Crippen LogP contribution in [0, 0.1) is 0 Å². The molecule has 1 fully saturated rings. The van der Waals surface area contributed by atoms with Crippen LogP contribution in [0.25, 0.3) is 0 Å². The third-order valence-electron chi connectivity index (χ3n) is 2.88. The van der Waals surface area contributed by atoms with Crippen LogP contribution >= 0.6 is 0 Å². The Morgan fingerprint density at radius 1 is 1.38 bits per heavy atom. The molecule has 0 heterocycles. The van der Waals surface area contributed by atoms with Crippen molar-refractivity contribution < 1.29 is 14.7 Å². The van der Waals surface area contributed by atoms with E-state index in [0.29, 0.717) is 12.8 Å². The van der Waals surface area contributed by atoms with Crippen molar-refractivity contribution in [3.8, 4) is 0 Å². The van der Waals surface area contributed by atoms with Crippen LogP contribution in [0.3, 0.4) is 0 Å². The van der Waals surface area contributed by atoms with Gasteiger partial charge < -0.3 is 21.9 Å². The summed E-state index contributed by atoms with van der Waals surface area (Å²) in [5.41, 5.74) is 9.58. The summed E-state index contributed by atoms with van der Waals surface area (Å²) in [6, 6.07) is -0.928. The van der Waals surface area contributed by atoms with Crippen LogP contribution in [-0.2, 0) is 9.59 Å². The lowest BCUT2D eigenvalue weighted by Crippen LogP contribution is -2.48. The molecule has 1 atom stereocenters. The minimum atomic E-state index is -0.928. The molecule has 1 saturated carbocycles. The summed E-state index contributed by atoms with van der Waals surface area (Å²) in [6.45, 7) is 0.193. The summed E-state index contributed by atoms with van der Waals surface area (Å²) in [6.07, 6.45) is 3.15. The minimum absolute atomic E-state index is 0.176. The molecule has 0 aromatic heterocycles. The van der Waals surface area contributed by atoms with Gasteiger partial charge in [0.25, 0.3) is 0 Å². The smallest absolute Gasteiger partial charge is 0.237 e. The van der Waals surface area contributed by atoms with Crippen LogP contribution in [0.2, 0.25) is 0 Å². The first kappa shape index (κ1) is 12.9. The van der Waals surface area contributed by atoms with Gasteiger partial charge in [0.1, 0.15) is 0 Å². The predicted molar refractivity (Wildman–Crippen MR) is 58.2 cm³/mol. The van der Waals surface area contributed by atoms with E-state index in [9.17, 15) is 14.7 Å². The van der Waals surface area contributed by atoms with Gasteiger partial charge in [0.15, 0.2) is 0 Å². The van der Waals surface area contributed by atoms with Crippen molar-refractivity contribution in [2.75, 3.05) is 6.54 Å². The van der Waals surface area contributed by atoms with E-state index in [1.165, 1.54) is 0 Å². The Balaban J connectivity index is 2.31. The number of carbonyl (C=O) groups excluding carboxylic acids is 2. The molecule has 1 aliphatic carbocycles. The molecule has 0 spiro atoms. The fourth-order valence-electron chi connectivity index (χ4n) is 1.90. The van der Waals surface area contributed by atoms with E-state index in [1.54, 1.807) is 0 Å². The number of nitrogens with two attached hydrogens (primary N) is 2. The Kier molecular flexibility index (Phi) is 4.26. The number of primary amides is 1. The number of aliphatic hydroxyl groups is 1. The summed E-state index contributed by atoms with van der Waals surface area (Å²) < 4.78 is 0. The monoisotopic (exact) mass is 229 g/mol. The van der Waals surface area contributed by atoms with E-state index in [4.69, 9.17) is 11.5 Å². The Labute approximate surface area is 94.4 Å². The highest BCUT2D eigenvalue weighted by Gasteiger charge is 2.31. The normalized spacial score (nSPS) is 20.4. The van der Waals surface area contributed by atoms with Crippen molar-refractivity contribution in [2.24, 2.45) is 11.5 Å². The standard InChI is InChI=1S/C10H19N3O3/c11-7(5-8(12)14)9(15)13-6-10(16)3-1-2-4-10/h7,16H,1-6,11H2,(H2,12,14)(H,13,15). The van der Waals surface area contributed by atoms with Gasteiger partial charge in [-0.1, -0.05) is 12.8 Å². The van der Waals surface area contributed by atoms with Gasteiger partial charge in [0.05, 0.1) is 18.1 Å². The number of amides is 2. The maximum absolute atomic E-state index is 11.4. The first-order valence-corrected chi connectivity index (χ1v) is 5.47. The summed E-state index contributed by atoms with van der Waals surface area (Å²) in [5, 5.41) is 12.5. The molecule has 1 aliphatic rings. The SMILES string of the molecule is NC(=O)CC(N)C(=O)NCC1(O)CCCC1. The lowest BCUT2D eigenvalue weighted by molar-refractivity contribution is -0.127. The summed E-state index contributed by atoms with van der Waals surface area (Å²) in [7, 11) is 0. The molecule has 6 N–H and O–H groups in total. The molecule has 2 amide bonds. The number of hydrogen-bond donors (Lipinski definition) is 4. The molecule has 0 saturated heterocycles. The van der Waals surface area contributed by atoms with Crippen LogP contribution in [0.15, 0.2) is 0 Å². The first-order valence-electron chi connectivity index (χ1n) is 5.47. The second kappa shape index (κ2) is 5.27. The molecule has 0 aromatic rings. The molecule has 0 bridgehead atoms. The van der Waals surface area contributed by atoms with Gasteiger partial charge in [-0.25, -0.2) is 0 Å². The Hall–Kier alpha value is -1.14. The van der Waals surface area contributed by atoms with Gasteiger partial charge >= 0.3 is 0 Å². The molecule has 0 aromatic carbocycles. The quantitative estimate of drug-likeness (QED) is 0.464. The van der Waals surface area contributed by atoms with Crippen molar-refractivity contribution in [1.29, 1.82) is 0 Å². The third-order valence-corrected chi connectivity index (χ3v) is 2.88. The van der Waals surface area contributed by atoms with Crippen molar-refractivity contribution in [1.82, 2.24) is 5.32 Å². The Bertz CT molecular complexity index is 274. The highest BCUT2D eigenvalue weighted by atomic mass is 16.3. The van der Waals surface area contributed by atoms with Gasteiger partial charge in [-0.2, -0.15) is 0 Å². The molecular formula is C10H19N3O3. The maximum Gasteiger partial charge on any atom is 0.237 e. The van der Waals surface area contributed by atoms with E-state index in [1.807, 2.05) is 0 Å². The van der Waals surface area contributed by atoms with Gasteiger partial charge in [-0.15, -0.1) is 0 Å². The minimum Gasteiger partial charge on any atom is -0.388 e.